The molecule has 210 valence electrons. The van der Waals surface area contributed by atoms with Crippen LogP contribution in [-0.4, -0.2) is 81.7 Å². The molecule has 11 heteroatoms. The van der Waals surface area contributed by atoms with Gasteiger partial charge in [0.05, 0.1) is 15.9 Å². The van der Waals surface area contributed by atoms with Crippen LogP contribution < -0.4 is 5.32 Å². The first kappa shape index (κ1) is 26.6. The molecule has 40 heavy (non-hydrogen) atoms. The van der Waals surface area contributed by atoms with Gasteiger partial charge in [0.1, 0.15) is 12.0 Å². The maximum Gasteiger partial charge on any atom is 0.407 e. The van der Waals surface area contributed by atoms with Crippen LogP contribution in [0.4, 0.5) is 13.6 Å². The number of likely N-dealkylation sites (tertiary alicyclic amines) is 2. The van der Waals surface area contributed by atoms with Crippen molar-refractivity contribution < 1.29 is 23.5 Å². The lowest BCUT2D eigenvalue weighted by atomic mass is 9.96. The number of halogens is 2. The summed E-state index contributed by atoms with van der Waals surface area (Å²) in [7, 11) is 0. The van der Waals surface area contributed by atoms with E-state index in [1.54, 1.807) is 18.3 Å². The number of hydrogen-bond donors (Lipinski definition) is 2. The number of nitrogens with one attached hydrogen (secondary N) is 1. The fraction of sp³-hybridized carbons (Fsp3) is 0.414. The highest BCUT2D eigenvalue weighted by atomic mass is 32.1. The minimum absolute atomic E-state index is 0.0133. The van der Waals surface area contributed by atoms with Crippen molar-refractivity contribution in [3.63, 3.8) is 0 Å². The second-order valence-corrected chi connectivity index (χ2v) is 11.7. The van der Waals surface area contributed by atoms with E-state index in [1.165, 1.54) is 22.3 Å². The van der Waals surface area contributed by atoms with Crippen LogP contribution in [0.3, 0.4) is 0 Å². The van der Waals surface area contributed by atoms with E-state index in [0.717, 1.165) is 41.8 Å². The number of carbonyl (C=O) groups is 2. The quantitative estimate of drug-likeness (QED) is 0.293. The number of nitrogens with zero attached hydrogens (tertiary/aromatic N) is 4. The number of rotatable bonds is 7. The number of fused-ring (bicyclic) bond motifs is 3. The van der Waals surface area contributed by atoms with Crippen LogP contribution in [0.2, 0.25) is 0 Å². The lowest BCUT2D eigenvalue weighted by Gasteiger charge is -2.28. The molecular formula is C29H31F2N5O3S. The average Bonchev–Trinajstić information content (AvgIpc) is 3.67. The number of aromatic nitrogens is 2. The van der Waals surface area contributed by atoms with Gasteiger partial charge in [-0.1, -0.05) is 17.4 Å². The average molecular weight is 568 g/mol. The van der Waals surface area contributed by atoms with Gasteiger partial charge in [-0.2, -0.15) is 0 Å². The SMILES string of the molecule is O=C(NCCCN1CCC(F)CC1)c1ccc2c(c1)sc1nc(-c3ccc([C@@H]4CCN(C(=O)O)C4)cc3F)cn12. The Morgan fingerprint density at radius 3 is 2.67 bits per heavy atom. The molecular weight excluding hydrogens is 536 g/mol. The Bertz CT molecular complexity index is 1560. The van der Waals surface area contributed by atoms with Crippen molar-refractivity contribution in [3.8, 4) is 11.3 Å². The topological polar surface area (TPSA) is 90.2 Å². The number of benzene rings is 2. The minimum Gasteiger partial charge on any atom is -0.465 e. The zero-order chi connectivity index (χ0) is 27.8. The number of carboxylic acid groups (broad SMARTS) is 1. The van der Waals surface area contributed by atoms with Crippen molar-refractivity contribution in [2.75, 3.05) is 39.3 Å². The second-order valence-electron chi connectivity index (χ2n) is 10.6. The molecule has 0 saturated carbocycles. The van der Waals surface area contributed by atoms with E-state index < -0.39 is 12.3 Å². The van der Waals surface area contributed by atoms with E-state index in [4.69, 9.17) is 0 Å². The lowest BCUT2D eigenvalue weighted by molar-refractivity contribution is 0.0949. The van der Waals surface area contributed by atoms with Crippen molar-refractivity contribution >= 4 is 38.5 Å². The fourth-order valence-corrected chi connectivity index (χ4v) is 6.75. The Labute approximate surface area is 234 Å². The number of alkyl halides is 1. The molecule has 2 amide bonds. The van der Waals surface area contributed by atoms with E-state index in [-0.39, 0.29) is 17.6 Å². The highest BCUT2D eigenvalue weighted by Crippen LogP contribution is 2.33. The molecule has 0 unspecified atom stereocenters. The van der Waals surface area contributed by atoms with Crippen molar-refractivity contribution in [2.45, 2.75) is 37.8 Å². The molecule has 2 saturated heterocycles. The fourth-order valence-electron chi connectivity index (χ4n) is 5.70. The van der Waals surface area contributed by atoms with Gasteiger partial charge >= 0.3 is 6.09 Å². The van der Waals surface area contributed by atoms with E-state index in [2.05, 4.69) is 15.2 Å². The third-order valence-electron chi connectivity index (χ3n) is 8.01. The van der Waals surface area contributed by atoms with Crippen LogP contribution in [0.15, 0.2) is 42.6 Å². The van der Waals surface area contributed by atoms with Crippen LogP contribution in [-0.2, 0) is 0 Å². The zero-order valence-electron chi connectivity index (χ0n) is 22.0. The smallest absolute Gasteiger partial charge is 0.407 e. The van der Waals surface area contributed by atoms with Gasteiger partial charge in [0.2, 0.25) is 0 Å². The van der Waals surface area contributed by atoms with Gasteiger partial charge in [-0.25, -0.2) is 18.6 Å². The second kappa shape index (κ2) is 11.1. The first-order chi connectivity index (χ1) is 19.4. The predicted octanol–water partition coefficient (Wildman–Crippen LogP) is 5.38. The molecule has 2 aliphatic heterocycles. The van der Waals surface area contributed by atoms with Gasteiger partial charge in [0, 0.05) is 56.0 Å². The molecule has 2 aromatic heterocycles. The van der Waals surface area contributed by atoms with Gasteiger partial charge in [-0.3, -0.25) is 9.20 Å². The first-order valence-corrected chi connectivity index (χ1v) is 14.5. The van der Waals surface area contributed by atoms with E-state index in [9.17, 15) is 19.1 Å². The summed E-state index contributed by atoms with van der Waals surface area (Å²) in [6.07, 6.45) is 2.86. The van der Waals surface area contributed by atoms with Gasteiger partial charge in [0.15, 0.2) is 4.96 Å². The number of imidazole rings is 1. The normalized spacial score (nSPS) is 18.6. The molecule has 4 aromatic rings. The number of piperidine rings is 1. The summed E-state index contributed by atoms with van der Waals surface area (Å²) in [6.45, 7) is 3.80. The summed E-state index contributed by atoms with van der Waals surface area (Å²) in [5.41, 5.74) is 3.18. The van der Waals surface area contributed by atoms with Crippen LogP contribution in [0, 0.1) is 5.82 Å². The molecule has 2 fully saturated rings. The summed E-state index contributed by atoms with van der Waals surface area (Å²) in [5, 5.41) is 12.2. The molecule has 2 aromatic carbocycles. The number of hydrogen-bond acceptors (Lipinski definition) is 5. The molecule has 4 heterocycles. The van der Waals surface area contributed by atoms with Crippen LogP contribution in [0.1, 0.15) is 47.5 Å². The van der Waals surface area contributed by atoms with E-state index in [1.807, 2.05) is 22.6 Å². The molecule has 1 atom stereocenters. The monoisotopic (exact) mass is 567 g/mol. The maximum absolute atomic E-state index is 15.1. The summed E-state index contributed by atoms with van der Waals surface area (Å²) in [4.78, 5) is 32.9. The Morgan fingerprint density at radius 1 is 1.10 bits per heavy atom. The Hall–Kier alpha value is -3.57. The molecule has 6 rings (SSSR count). The highest BCUT2D eigenvalue weighted by molar-refractivity contribution is 7.23. The Balaban J connectivity index is 1.11. The lowest BCUT2D eigenvalue weighted by Crippen LogP contribution is -2.36. The number of carbonyl (C=O) groups excluding carboxylic acids is 1. The summed E-state index contributed by atoms with van der Waals surface area (Å²) in [5.74, 6) is -0.528. The first-order valence-electron chi connectivity index (χ1n) is 13.7. The van der Waals surface area contributed by atoms with Crippen LogP contribution in [0.25, 0.3) is 26.4 Å². The zero-order valence-corrected chi connectivity index (χ0v) is 22.8. The van der Waals surface area contributed by atoms with Crippen molar-refractivity contribution in [2.24, 2.45) is 0 Å². The van der Waals surface area contributed by atoms with E-state index in [0.29, 0.717) is 60.7 Å². The largest absolute Gasteiger partial charge is 0.465 e. The molecule has 2 N–H and O–H groups in total. The number of thiazole rings is 1. The van der Waals surface area contributed by atoms with Gasteiger partial charge in [-0.05, 0) is 68.1 Å². The highest BCUT2D eigenvalue weighted by Gasteiger charge is 2.28. The van der Waals surface area contributed by atoms with Crippen LogP contribution >= 0.6 is 11.3 Å². The molecule has 8 nitrogen and oxygen atoms in total. The Kier molecular flexibility index (Phi) is 7.41. The molecule has 0 radical (unpaired) electrons. The Morgan fingerprint density at radius 2 is 1.93 bits per heavy atom. The van der Waals surface area contributed by atoms with Crippen molar-refractivity contribution in [1.29, 1.82) is 0 Å². The standard InChI is InChI=1S/C29H31F2N5O3S/c30-21-7-11-34(12-8-21)10-1-9-32-27(37)19-3-5-25-26(15-19)40-28-33-24(17-36(25)28)22-4-2-18(14-23(22)31)20-6-13-35(16-20)29(38)39/h2-5,14-15,17,20-21H,1,6-13,16H2,(H,32,37)(H,38,39)/t20-/m1/s1. The summed E-state index contributed by atoms with van der Waals surface area (Å²) in [6, 6.07) is 10.6. The van der Waals surface area contributed by atoms with E-state index >= 15 is 4.39 Å². The molecule has 2 aliphatic rings. The van der Waals surface area contributed by atoms with Crippen LogP contribution in [0.5, 0.6) is 0 Å². The maximum atomic E-state index is 15.1. The predicted molar refractivity (Wildman–Crippen MR) is 150 cm³/mol. The van der Waals surface area contributed by atoms with Gasteiger partial charge in [0.25, 0.3) is 5.91 Å². The minimum atomic E-state index is -0.944. The molecule has 0 spiro atoms. The van der Waals surface area contributed by atoms with Crippen molar-refractivity contribution in [3.05, 3.63) is 59.5 Å². The third kappa shape index (κ3) is 5.40. The van der Waals surface area contributed by atoms with Gasteiger partial charge < -0.3 is 20.2 Å². The summed E-state index contributed by atoms with van der Waals surface area (Å²) < 4.78 is 31.3. The molecule has 0 aliphatic carbocycles. The van der Waals surface area contributed by atoms with Gasteiger partial charge in [-0.15, -0.1) is 0 Å². The number of amides is 2. The van der Waals surface area contributed by atoms with Crippen molar-refractivity contribution in [1.82, 2.24) is 24.5 Å². The third-order valence-corrected chi connectivity index (χ3v) is 9.03. The summed E-state index contributed by atoms with van der Waals surface area (Å²) >= 11 is 1.44. The molecule has 0 bridgehead atoms.